The van der Waals surface area contributed by atoms with E-state index in [2.05, 4.69) is 70.3 Å². The highest BCUT2D eigenvalue weighted by Gasteiger charge is 2.04. The van der Waals surface area contributed by atoms with Gasteiger partial charge in [-0.25, -0.2) is 0 Å². The molecule has 1 aromatic carbocycles. The Morgan fingerprint density at radius 2 is 1.89 bits per heavy atom. The monoisotopic (exact) mass is 327 g/mol. The lowest BCUT2D eigenvalue weighted by molar-refractivity contribution is 0.248. The first-order valence-electron chi connectivity index (χ1n) is 6.98. The van der Waals surface area contributed by atoms with E-state index in [4.69, 9.17) is 0 Å². The van der Waals surface area contributed by atoms with Gasteiger partial charge in [0.25, 0.3) is 0 Å². The number of benzene rings is 1. The predicted molar refractivity (Wildman–Crippen MR) is 87.9 cm³/mol. The van der Waals surface area contributed by atoms with Crippen molar-refractivity contribution in [2.24, 2.45) is 0 Å². The second kappa shape index (κ2) is 9.34. The van der Waals surface area contributed by atoms with E-state index in [1.807, 2.05) is 6.07 Å². The molecule has 0 saturated heterocycles. The van der Waals surface area contributed by atoms with Crippen molar-refractivity contribution in [2.75, 3.05) is 52.1 Å². The molecule has 1 N–H and O–H groups in total. The molecule has 0 spiro atoms. The van der Waals surface area contributed by atoms with Crippen molar-refractivity contribution in [2.45, 2.75) is 13.3 Å². The molecular weight excluding hydrogens is 302 g/mol. The fourth-order valence-corrected chi connectivity index (χ4v) is 2.35. The van der Waals surface area contributed by atoms with Gasteiger partial charge in [-0.2, -0.15) is 0 Å². The molecule has 108 valence electrons. The van der Waals surface area contributed by atoms with E-state index in [1.165, 1.54) is 18.7 Å². The number of likely N-dealkylation sites (N-methyl/N-ethyl adjacent to an activating group) is 1. The average Bonchev–Trinajstić information content (AvgIpc) is 2.36. The van der Waals surface area contributed by atoms with E-state index in [9.17, 15) is 0 Å². The van der Waals surface area contributed by atoms with Crippen LogP contribution in [-0.4, -0.2) is 56.6 Å². The molecule has 0 aliphatic carbocycles. The lowest BCUT2D eigenvalue weighted by Crippen LogP contribution is -2.35. The average molecular weight is 328 g/mol. The van der Waals surface area contributed by atoms with Crippen molar-refractivity contribution in [1.29, 1.82) is 0 Å². The highest BCUT2D eigenvalue weighted by atomic mass is 79.9. The van der Waals surface area contributed by atoms with Crippen molar-refractivity contribution in [3.8, 4) is 0 Å². The van der Waals surface area contributed by atoms with Crippen LogP contribution in [0.25, 0.3) is 0 Å². The zero-order valence-electron chi connectivity index (χ0n) is 12.3. The van der Waals surface area contributed by atoms with Gasteiger partial charge in [0.1, 0.15) is 0 Å². The van der Waals surface area contributed by atoms with Crippen LogP contribution in [0, 0.1) is 0 Å². The second-order valence-corrected chi connectivity index (χ2v) is 6.00. The van der Waals surface area contributed by atoms with E-state index in [0.29, 0.717) is 0 Å². The van der Waals surface area contributed by atoms with Crippen LogP contribution in [0.5, 0.6) is 0 Å². The summed E-state index contributed by atoms with van der Waals surface area (Å²) in [5, 5.41) is 3.48. The Hall–Kier alpha value is -0.580. The Morgan fingerprint density at radius 1 is 1.11 bits per heavy atom. The van der Waals surface area contributed by atoms with Gasteiger partial charge in [0.05, 0.1) is 0 Å². The van der Waals surface area contributed by atoms with Crippen molar-refractivity contribution in [1.82, 2.24) is 9.80 Å². The third-order valence-electron chi connectivity index (χ3n) is 2.99. The van der Waals surface area contributed by atoms with Gasteiger partial charge >= 0.3 is 0 Å². The molecule has 0 aromatic heterocycles. The molecule has 0 unspecified atom stereocenters. The van der Waals surface area contributed by atoms with Crippen LogP contribution >= 0.6 is 15.9 Å². The summed E-state index contributed by atoms with van der Waals surface area (Å²) in [6.07, 6.45) is 1.21. The lowest BCUT2D eigenvalue weighted by atomic mass is 10.3. The molecule has 0 aliphatic rings. The zero-order valence-corrected chi connectivity index (χ0v) is 13.9. The van der Waals surface area contributed by atoms with E-state index in [-0.39, 0.29) is 0 Å². The SMILES string of the molecule is CCCN(CCNc1cccc(Br)c1)CCN(C)C. The smallest absolute Gasteiger partial charge is 0.0351 e. The summed E-state index contributed by atoms with van der Waals surface area (Å²) in [4.78, 5) is 4.76. The van der Waals surface area contributed by atoms with Gasteiger partial charge in [-0.1, -0.05) is 28.9 Å². The molecule has 4 heteroatoms. The van der Waals surface area contributed by atoms with Gasteiger partial charge in [0.2, 0.25) is 0 Å². The van der Waals surface area contributed by atoms with Crippen molar-refractivity contribution in [3.63, 3.8) is 0 Å². The quantitative estimate of drug-likeness (QED) is 0.751. The topological polar surface area (TPSA) is 18.5 Å². The highest BCUT2D eigenvalue weighted by molar-refractivity contribution is 9.10. The van der Waals surface area contributed by atoms with E-state index < -0.39 is 0 Å². The van der Waals surface area contributed by atoms with E-state index in [1.54, 1.807) is 0 Å². The van der Waals surface area contributed by atoms with Crippen LogP contribution in [0.2, 0.25) is 0 Å². The molecule has 1 rings (SSSR count). The number of rotatable bonds is 9. The van der Waals surface area contributed by atoms with Gasteiger partial charge in [-0.3, -0.25) is 0 Å². The molecule has 3 nitrogen and oxygen atoms in total. The van der Waals surface area contributed by atoms with Crippen LogP contribution < -0.4 is 5.32 Å². The van der Waals surface area contributed by atoms with Crippen LogP contribution in [0.15, 0.2) is 28.7 Å². The fourth-order valence-electron chi connectivity index (χ4n) is 1.95. The van der Waals surface area contributed by atoms with Crippen LogP contribution in [0.1, 0.15) is 13.3 Å². The van der Waals surface area contributed by atoms with Crippen LogP contribution in [0.4, 0.5) is 5.69 Å². The number of hydrogen-bond acceptors (Lipinski definition) is 3. The molecule has 0 heterocycles. The molecule has 0 amide bonds. The maximum absolute atomic E-state index is 3.49. The normalized spacial score (nSPS) is 11.3. The summed E-state index contributed by atoms with van der Waals surface area (Å²) in [6.45, 7) is 7.76. The number of nitrogens with one attached hydrogen (secondary N) is 1. The van der Waals surface area contributed by atoms with Gasteiger partial charge < -0.3 is 15.1 Å². The van der Waals surface area contributed by atoms with Gasteiger partial charge in [0, 0.05) is 36.3 Å². The Kier molecular flexibility index (Phi) is 8.10. The Morgan fingerprint density at radius 3 is 2.53 bits per heavy atom. The standard InChI is InChI=1S/C15H26BrN3/c1-4-9-19(12-11-18(2)3)10-8-17-15-7-5-6-14(16)13-15/h5-7,13,17H,4,8-12H2,1-3H3. The molecule has 0 aliphatic heterocycles. The third-order valence-corrected chi connectivity index (χ3v) is 3.48. The van der Waals surface area contributed by atoms with Crippen LogP contribution in [0.3, 0.4) is 0 Å². The molecule has 19 heavy (non-hydrogen) atoms. The van der Waals surface area contributed by atoms with Crippen molar-refractivity contribution >= 4 is 21.6 Å². The first kappa shape index (κ1) is 16.5. The van der Waals surface area contributed by atoms with Gasteiger partial charge in [0.15, 0.2) is 0 Å². The summed E-state index contributed by atoms with van der Waals surface area (Å²) in [7, 11) is 4.26. The third kappa shape index (κ3) is 7.55. The largest absolute Gasteiger partial charge is 0.384 e. The minimum Gasteiger partial charge on any atom is -0.384 e. The second-order valence-electron chi connectivity index (χ2n) is 5.08. The minimum absolute atomic E-state index is 0.990. The van der Waals surface area contributed by atoms with Crippen molar-refractivity contribution < 1.29 is 0 Å². The van der Waals surface area contributed by atoms with Crippen molar-refractivity contribution in [3.05, 3.63) is 28.7 Å². The fraction of sp³-hybridized carbons (Fsp3) is 0.600. The first-order valence-corrected chi connectivity index (χ1v) is 7.77. The molecule has 0 saturated carbocycles. The zero-order chi connectivity index (χ0) is 14.1. The Labute approximate surface area is 126 Å². The number of nitrogens with zero attached hydrogens (tertiary/aromatic N) is 2. The van der Waals surface area contributed by atoms with Gasteiger partial charge in [-0.05, 0) is 45.3 Å². The summed E-state index contributed by atoms with van der Waals surface area (Å²) in [5.41, 5.74) is 1.18. The van der Waals surface area contributed by atoms with E-state index in [0.717, 1.165) is 30.7 Å². The maximum Gasteiger partial charge on any atom is 0.0351 e. The lowest BCUT2D eigenvalue weighted by Gasteiger charge is -2.23. The molecular formula is C15H26BrN3. The predicted octanol–water partition coefficient (Wildman–Crippen LogP) is 3.13. The highest BCUT2D eigenvalue weighted by Crippen LogP contribution is 2.15. The first-order chi connectivity index (χ1) is 9.11. The molecule has 0 atom stereocenters. The maximum atomic E-state index is 3.49. The summed E-state index contributed by atoms with van der Waals surface area (Å²) in [5.74, 6) is 0. The Balaban J connectivity index is 2.31. The number of halogens is 1. The summed E-state index contributed by atoms with van der Waals surface area (Å²) >= 11 is 3.49. The Bertz CT molecular complexity index is 355. The molecule has 0 fully saturated rings. The molecule has 1 aromatic rings. The number of hydrogen-bond donors (Lipinski definition) is 1. The minimum atomic E-state index is 0.990. The summed E-state index contributed by atoms with van der Waals surface area (Å²) < 4.78 is 1.12. The molecule has 0 bridgehead atoms. The van der Waals surface area contributed by atoms with Gasteiger partial charge in [-0.15, -0.1) is 0 Å². The number of anilines is 1. The molecule has 0 radical (unpaired) electrons. The van der Waals surface area contributed by atoms with E-state index >= 15 is 0 Å². The van der Waals surface area contributed by atoms with Crippen LogP contribution in [-0.2, 0) is 0 Å². The summed E-state index contributed by atoms with van der Waals surface area (Å²) in [6, 6.07) is 8.33.